The van der Waals surface area contributed by atoms with E-state index >= 15 is 0 Å². The van der Waals surface area contributed by atoms with Crippen LogP contribution >= 0.6 is 11.6 Å². The smallest absolute Gasteiger partial charge is 0.163 e. The highest BCUT2D eigenvalue weighted by molar-refractivity contribution is 6.30. The Labute approximate surface area is 146 Å². The first kappa shape index (κ1) is 16.4. The van der Waals surface area contributed by atoms with Crippen molar-refractivity contribution in [2.45, 2.75) is 13.8 Å². The topological polar surface area (TPSA) is 43.4 Å². The maximum atomic E-state index is 5.94. The molecule has 24 heavy (non-hydrogen) atoms. The van der Waals surface area contributed by atoms with Gasteiger partial charge in [0, 0.05) is 34.0 Å². The first-order chi connectivity index (χ1) is 11.7. The van der Waals surface area contributed by atoms with Crippen LogP contribution in [0.1, 0.15) is 13.8 Å². The monoisotopic (exact) mass is 342 g/mol. The summed E-state index contributed by atoms with van der Waals surface area (Å²) < 4.78 is 11.4. The average Bonchev–Trinajstić information content (AvgIpc) is 2.58. The lowest BCUT2D eigenvalue weighted by Gasteiger charge is -2.14. The zero-order chi connectivity index (χ0) is 16.9. The van der Waals surface area contributed by atoms with Crippen LogP contribution in [-0.2, 0) is 0 Å². The minimum atomic E-state index is 0.575. The molecule has 5 heteroatoms. The van der Waals surface area contributed by atoms with Crippen molar-refractivity contribution in [1.29, 1.82) is 0 Å². The number of rotatable bonds is 6. The Hall–Kier alpha value is -2.46. The fraction of sp³-hybridized carbons (Fsp3) is 0.211. The number of hydrogen-bond donors (Lipinski definition) is 1. The zero-order valence-corrected chi connectivity index (χ0v) is 14.4. The molecule has 4 nitrogen and oxygen atoms in total. The Morgan fingerprint density at radius 3 is 2.29 bits per heavy atom. The van der Waals surface area contributed by atoms with Gasteiger partial charge >= 0.3 is 0 Å². The van der Waals surface area contributed by atoms with Gasteiger partial charge in [0.05, 0.1) is 18.7 Å². The van der Waals surface area contributed by atoms with E-state index in [4.69, 9.17) is 21.1 Å². The number of pyridine rings is 1. The van der Waals surface area contributed by atoms with Crippen molar-refractivity contribution in [2.24, 2.45) is 0 Å². The molecule has 3 rings (SSSR count). The van der Waals surface area contributed by atoms with Gasteiger partial charge in [-0.2, -0.15) is 0 Å². The van der Waals surface area contributed by atoms with Gasteiger partial charge < -0.3 is 14.8 Å². The van der Waals surface area contributed by atoms with Crippen molar-refractivity contribution in [3.63, 3.8) is 0 Å². The van der Waals surface area contributed by atoms with E-state index in [-0.39, 0.29) is 0 Å². The molecule has 0 bridgehead atoms. The summed E-state index contributed by atoms with van der Waals surface area (Å²) in [6.07, 6.45) is 1.77. The Morgan fingerprint density at radius 2 is 1.62 bits per heavy atom. The Bertz CT molecular complexity index is 835. The summed E-state index contributed by atoms with van der Waals surface area (Å²) in [6.45, 7) is 5.06. The summed E-state index contributed by atoms with van der Waals surface area (Å²) in [4.78, 5) is 4.45. The molecule has 124 valence electrons. The van der Waals surface area contributed by atoms with Crippen LogP contribution in [0.5, 0.6) is 11.5 Å². The second-order valence-corrected chi connectivity index (χ2v) is 5.61. The number of benzene rings is 2. The van der Waals surface area contributed by atoms with Gasteiger partial charge in [-0.1, -0.05) is 11.6 Å². The second kappa shape index (κ2) is 7.41. The Kier molecular flexibility index (Phi) is 5.06. The summed E-state index contributed by atoms with van der Waals surface area (Å²) >= 11 is 5.94. The molecule has 1 aromatic heterocycles. The molecule has 0 amide bonds. The van der Waals surface area contributed by atoms with Gasteiger partial charge in [0.2, 0.25) is 0 Å². The molecule has 0 aliphatic heterocycles. The molecular weight excluding hydrogens is 324 g/mol. The third-order valence-electron chi connectivity index (χ3n) is 3.53. The van der Waals surface area contributed by atoms with Crippen LogP contribution in [0, 0.1) is 0 Å². The highest BCUT2D eigenvalue weighted by Crippen LogP contribution is 2.35. The molecule has 1 heterocycles. The van der Waals surface area contributed by atoms with Crippen LogP contribution in [0.4, 0.5) is 11.4 Å². The van der Waals surface area contributed by atoms with E-state index in [1.807, 2.05) is 56.3 Å². The van der Waals surface area contributed by atoms with Crippen LogP contribution in [0.2, 0.25) is 5.02 Å². The van der Waals surface area contributed by atoms with E-state index in [0.717, 1.165) is 28.0 Å². The van der Waals surface area contributed by atoms with Gasteiger partial charge in [-0.15, -0.1) is 0 Å². The standard InChI is InChI=1S/C19H19ClN2O2/c1-3-23-18-11-15-16(22-14-7-5-13(20)6-8-14)9-10-21-17(15)12-19(18)24-4-2/h5-12H,3-4H2,1-2H3,(H,21,22). The number of nitrogens with zero attached hydrogens (tertiary/aromatic N) is 1. The Morgan fingerprint density at radius 1 is 0.958 bits per heavy atom. The van der Waals surface area contributed by atoms with Crippen molar-refractivity contribution in [2.75, 3.05) is 18.5 Å². The van der Waals surface area contributed by atoms with E-state index in [9.17, 15) is 0 Å². The molecule has 0 spiro atoms. The lowest BCUT2D eigenvalue weighted by Crippen LogP contribution is -2.00. The fourth-order valence-corrected chi connectivity index (χ4v) is 2.61. The van der Waals surface area contributed by atoms with Crippen LogP contribution in [0.15, 0.2) is 48.7 Å². The molecule has 0 unspecified atom stereocenters. The summed E-state index contributed by atoms with van der Waals surface area (Å²) in [7, 11) is 0. The molecule has 0 fully saturated rings. The van der Waals surface area contributed by atoms with Crippen LogP contribution < -0.4 is 14.8 Å². The Balaban J connectivity index is 2.04. The van der Waals surface area contributed by atoms with E-state index in [1.165, 1.54) is 0 Å². The lowest BCUT2D eigenvalue weighted by molar-refractivity contribution is 0.288. The quantitative estimate of drug-likeness (QED) is 0.648. The molecule has 2 aromatic carbocycles. The van der Waals surface area contributed by atoms with Gasteiger partial charge in [-0.25, -0.2) is 0 Å². The highest BCUT2D eigenvalue weighted by atomic mass is 35.5. The predicted octanol–water partition coefficient (Wildman–Crippen LogP) is 5.43. The number of fused-ring (bicyclic) bond motifs is 1. The molecule has 0 radical (unpaired) electrons. The maximum Gasteiger partial charge on any atom is 0.163 e. The summed E-state index contributed by atoms with van der Waals surface area (Å²) in [6, 6.07) is 13.4. The van der Waals surface area contributed by atoms with Crippen molar-refractivity contribution >= 4 is 33.9 Å². The van der Waals surface area contributed by atoms with Crippen LogP contribution in [0.3, 0.4) is 0 Å². The average molecular weight is 343 g/mol. The van der Waals surface area contributed by atoms with Crippen molar-refractivity contribution in [3.05, 3.63) is 53.7 Å². The summed E-state index contributed by atoms with van der Waals surface area (Å²) in [5.74, 6) is 1.43. The third kappa shape index (κ3) is 3.54. The molecule has 3 aromatic rings. The minimum absolute atomic E-state index is 0.575. The van der Waals surface area contributed by atoms with Gasteiger partial charge in [0.1, 0.15) is 0 Å². The van der Waals surface area contributed by atoms with Gasteiger partial charge in [0.25, 0.3) is 0 Å². The molecule has 0 aliphatic rings. The molecule has 1 N–H and O–H groups in total. The minimum Gasteiger partial charge on any atom is -0.490 e. The van der Waals surface area contributed by atoms with E-state index in [0.29, 0.717) is 24.0 Å². The summed E-state index contributed by atoms with van der Waals surface area (Å²) in [5, 5.41) is 5.08. The second-order valence-electron chi connectivity index (χ2n) is 5.17. The molecular formula is C19H19ClN2O2. The van der Waals surface area contributed by atoms with E-state index in [2.05, 4.69) is 10.3 Å². The van der Waals surface area contributed by atoms with Crippen LogP contribution in [-0.4, -0.2) is 18.2 Å². The number of halogens is 1. The normalized spacial score (nSPS) is 10.6. The number of aromatic nitrogens is 1. The molecule has 0 saturated heterocycles. The fourth-order valence-electron chi connectivity index (χ4n) is 2.49. The molecule has 0 atom stereocenters. The van der Waals surface area contributed by atoms with E-state index < -0.39 is 0 Å². The van der Waals surface area contributed by atoms with Crippen molar-refractivity contribution < 1.29 is 9.47 Å². The van der Waals surface area contributed by atoms with Gasteiger partial charge in [-0.05, 0) is 50.2 Å². The molecule has 0 aliphatic carbocycles. The van der Waals surface area contributed by atoms with Crippen LogP contribution in [0.25, 0.3) is 10.9 Å². The third-order valence-corrected chi connectivity index (χ3v) is 3.78. The van der Waals surface area contributed by atoms with Crippen molar-refractivity contribution in [1.82, 2.24) is 4.98 Å². The van der Waals surface area contributed by atoms with Gasteiger partial charge in [-0.3, -0.25) is 4.98 Å². The zero-order valence-electron chi connectivity index (χ0n) is 13.7. The number of nitrogens with one attached hydrogen (secondary N) is 1. The number of anilines is 2. The summed E-state index contributed by atoms with van der Waals surface area (Å²) in [5.41, 5.74) is 2.76. The number of ether oxygens (including phenoxy) is 2. The largest absolute Gasteiger partial charge is 0.490 e. The van der Waals surface area contributed by atoms with Crippen molar-refractivity contribution in [3.8, 4) is 11.5 Å². The number of hydrogen-bond acceptors (Lipinski definition) is 4. The van der Waals surface area contributed by atoms with Gasteiger partial charge in [0.15, 0.2) is 11.5 Å². The molecule has 0 saturated carbocycles. The first-order valence-electron chi connectivity index (χ1n) is 7.92. The van der Waals surface area contributed by atoms with E-state index in [1.54, 1.807) is 6.20 Å². The first-order valence-corrected chi connectivity index (χ1v) is 8.30. The highest BCUT2D eigenvalue weighted by Gasteiger charge is 2.11. The predicted molar refractivity (Wildman–Crippen MR) is 98.8 cm³/mol. The SMILES string of the molecule is CCOc1cc2nccc(Nc3ccc(Cl)cc3)c2cc1OCC. The maximum absolute atomic E-state index is 5.94. The lowest BCUT2D eigenvalue weighted by atomic mass is 10.1.